The molecule has 0 aliphatic heterocycles. The highest BCUT2D eigenvalue weighted by Gasteiger charge is 1.97. The Balaban J connectivity index is 0.000000980. The maximum atomic E-state index is 5.75. The third kappa shape index (κ3) is 2.19. The predicted octanol–water partition coefficient (Wildman–Crippen LogP) is 2.53. The first-order chi connectivity index (χ1) is 6.25. The molecule has 3 nitrogen and oxygen atoms in total. The molecular formula is C9H9Cl2N3. The Hall–Kier alpha value is -1.19. The van der Waals surface area contributed by atoms with Crippen LogP contribution in [0.5, 0.6) is 0 Å². The van der Waals surface area contributed by atoms with Gasteiger partial charge >= 0.3 is 0 Å². The molecule has 1 aromatic carbocycles. The van der Waals surface area contributed by atoms with Gasteiger partial charge in [0.25, 0.3) is 0 Å². The van der Waals surface area contributed by atoms with E-state index in [-0.39, 0.29) is 12.4 Å². The van der Waals surface area contributed by atoms with Crippen LogP contribution in [0.1, 0.15) is 0 Å². The van der Waals surface area contributed by atoms with E-state index >= 15 is 0 Å². The van der Waals surface area contributed by atoms with Crippen LogP contribution in [0.25, 0.3) is 5.69 Å². The molecule has 0 atom stereocenters. The molecule has 0 unspecified atom stereocenters. The first-order valence-corrected chi connectivity index (χ1v) is 4.20. The summed E-state index contributed by atoms with van der Waals surface area (Å²) in [4.78, 5) is 0. The number of anilines is 1. The Labute approximate surface area is 92.9 Å². The van der Waals surface area contributed by atoms with Crippen molar-refractivity contribution in [3.63, 3.8) is 0 Å². The van der Waals surface area contributed by atoms with E-state index in [4.69, 9.17) is 17.3 Å². The van der Waals surface area contributed by atoms with Gasteiger partial charge in [-0.2, -0.15) is 5.10 Å². The highest BCUT2D eigenvalue weighted by atomic mass is 35.5. The summed E-state index contributed by atoms with van der Waals surface area (Å²) < 4.78 is 1.70. The zero-order chi connectivity index (χ0) is 9.26. The summed E-state index contributed by atoms with van der Waals surface area (Å²) in [5.41, 5.74) is 6.43. The van der Waals surface area contributed by atoms with Gasteiger partial charge in [-0.25, -0.2) is 4.68 Å². The van der Waals surface area contributed by atoms with Gasteiger partial charge in [-0.05, 0) is 24.3 Å². The molecule has 0 fully saturated rings. The van der Waals surface area contributed by atoms with Crippen molar-refractivity contribution in [1.29, 1.82) is 0 Å². The highest BCUT2D eigenvalue weighted by Crippen LogP contribution is 2.13. The molecule has 5 heteroatoms. The van der Waals surface area contributed by atoms with Gasteiger partial charge in [0.2, 0.25) is 0 Å². The molecule has 0 amide bonds. The number of rotatable bonds is 1. The number of nitrogen functional groups attached to an aromatic ring is 1. The first kappa shape index (κ1) is 10.9. The molecule has 2 aromatic rings. The zero-order valence-electron chi connectivity index (χ0n) is 7.22. The van der Waals surface area contributed by atoms with E-state index in [0.29, 0.717) is 10.8 Å². The van der Waals surface area contributed by atoms with Gasteiger partial charge in [0.05, 0.1) is 5.69 Å². The molecule has 0 spiro atoms. The second-order valence-corrected chi connectivity index (χ2v) is 3.10. The van der Waals surface area contributed by atoms with Gasteiger partial charge in [0.15, 0.2) is 0 Å². The first-order valence-electron chi connectivity index (χ1n) is 3.83. The number of aromatic nitrogens is 2. The Morgan fingerprint density at radius 3 is 2.29 bits per heavy atom. The maximum Gasteiger partial charge on any atom is 0.145 e. The van der Waals surface area contributed by atoms with Crippen molar-refractivity contribution in [3.8, 4) is 5.69 Å². The molecule has 0 aliphatic carbocycles. The van der Waals surface area contributed by atoms with Crippen LogP contribution in [0.15, 0.2) is 36.5 Å². The van der Waals surface area contributed by atoms with Gasteiger partial charge in [0, 0.05) is 17.3 Å². The highest BCUT2D eigenvalue weighted by molar-refractivity contribution is 6.30. The summed E-state index contributed by atoms with van der Waals surface area (Å²) in [6, 6.07) is 9.14. The Morgan fingerprint density at radius 1 is 1.14 bits per heavy atom. The van der Waals surface area contributed by atoms with E-state index in [2.05, 4.69) is 5.10 Å². The van der Waals surface area contributed by atoms with E-state index in [1.165, 1.54) is 0 Å². The molecule has 2 N–H and O–H groups in total. The number of halogens is 2. The van der Waals surface area contributed by atoms with E-state index in [0.717, 1.165) is 5.69 Å². The number of hydrogen-bond donors (Lipinski definition) is 1. The lowest BCUT2D eigenvalue weighted by Crippen LogP contribution is -1.95. The molecule has 0 saturated carbocycles. The molecule has 0 radical (unpaired) electrons. The molecule has 0 aliphatic rings. The minimum atomic E-state index is 0. The van der Waals surface area contributed by atoms with Gasteiger partial charge in [-0.3, -0.25) is 0 Å². The topological polar surface area (TPSA) is 43.8 Å². The van der Waals surface area contributed by atoms with Crippen molar-refractivity contribution >= 4 is 29.8 Å². The van der Waals surface area contributed by atoms with Gasteiger partial charge in [-0.15, -0.1) is 12.4 Å². The fourth-order valence-electron chi connectivity index (χ4n) is 1.08. The average molecular weight is 230 g/mol. The maximum absolute atomic E-state index is 5.75. The smallest absolute Gasteiger partial charge is 0.145 e. The quantitative estimate of drug-likeness (QED) is 0.817. The summed E-state index contributed by atoms with van der Waals surface area (Å²) in [6.07, 6.45) is 1.80. The van der Waals surface area contributed by atoms with Crippen molar-refractivity contribution in [3.05, 3.63) is 41.6 Å². The van der Waals surface area contributed by atoms with E-state index in [1.54, 1.807) is 16.9 Å². The number of nitrogens with zero attached hydrogens (tertiary/aromatic N) is 2. The SMILES string of the molecule is Cl.Nc1ccn(-c2ccc(Cl)cc2)n1. The summed E-state index contributed by atoms with van der Waals surface area (Å²) in [6.45, 7) is 0. The molecule has 14 heavy (non-hydrogen) atoms. The number of nitrogens with two attached hydrogens (primary N) is 1. The van der Waals surface area contributed by atoms with Crippen LogP contribution < -0.4 is 5.73 Å². The zero-order valence-corrected chi connectivity index (χ0v) is 8.79. The van der Waals surface area contributed by atoms with Gasteiger partial charge < -0.3 is 5.73 Å². The van der Waals surface area contributed by atoms with Crippen LogP contribution in [0.3, 0.4) is 0 Å². The minimum Gasteiger partial charge on any atom is -0.382 e. The molecule has 74 valence electrons. The molecule has 2 rings (SSSR count). The lowest BCUT2D eigenvalue weighted by molar-refractivity contribution is 0.886. The van der Waals surface area contributed by atoms with Crippen LogP contribution in [0, 0.1) is 0 Å². The Bertz CT molecular complexity index is 408. The number of hydrogen-bond acceptors (Lipinski definition) is 2. The summed E-state index contributed by atoms with van der Waals surface area (Å²) in [5, 5.41) is 4.77. The Morgan fingerprint density at radius 2 is 1.79 bits per heavy atom. The molecule has 0 saturated heterocycles. The van der Waals surface area contributed by atoms with E-state index in [1.807, 2.05) is 24.3 Å². The molecule has 1 heterocycles. The second kappa shape index (κ2) is 4.35. The van der Waals surface area contributed by atoms with Crippen molar-refractivity contribution in [2.45, 2.75) is 0 Å². The summed E-state index contributed by atoms with van der Waals surface area (Å²) in [7, 11) is 0. The van der Waals surface area contributed by atoms with Crippen molar-refractivity contribution in [2.75, 3.05) is 5.73 Å². The van der Waals surface area contributed by atoms with E-state index in [9.17, 15) is 0 Å². The fourth-order valence-corrected chi connectivity index (χ4v) is 1.20. The lowest BCUT2D eigenvalue weighted by Gasteiger charge is -1.99. The van der Waals surface area contributed by atoms with Crippen LogP contribution in [0.4, 0.5) is 5.82 Å². The van der Waals surface area contributed by atoms with Crippen LogP contribution >= 0.6 is 24.0 Å². The van der Waals surface area contributed by atoms with E-state index < -0.39 is 0 Å². The molecular weight excluding hydrogens is 221 g/mol. The Kier molecular flexibility index (Phi) is 3.38. The summed E-state index contributed by atoms with van der Waals surface area (Å²) in [5.74, 6) is 0.509. The van der Waals surface area contributed by atoms with Gasteiger partial charge in [0.1, 0.15) is 5.82 Å². The predicted molar refractivity (Wildman–Crippen MR) is 60.2 cm³/mol. The largest absolute Gasteiger partial charge is 0.382 e. The van der Waals surface area contributed by atoms with Crippen LogP contribution in [-0.2, 0) is 0 Å². The van der Waals surface area contributed by atoms with Crippen molar-refractivity contribution in [1.82, 2.24) is 9.78 Å². The van der Waals surface area contributed by atoms with Crippen LogP contribution in [0.2, 0.25) is 5.02 Å². The third-order valence-electron chi connectivity index (χ3n) is 1.70. The lowest BCUT2D eigenvalue weighted by atomic mass is 10.3. The molecule has 1 aromatic heterocycles. The minimum absolute atomic E-state index is 0. The second-order valence-electron chi connectivity index (χ2n) is 2.66. The van der Waals surface area contributed by atoms with Crippen molar-refractivity contribution < 1.29 is 0 Å². The number of benzene rings is 1. The fraction of sp³-hybridized carbons (Fsp3) is 0. The summed E-state index contributed by atoms with van der Waals surface area (Å²) >= 11 is 5.75. The third-order valence-corrected chi connectivity index (χ3v) is 1.95. The molecule has 0 bridgehead atoms. The van der Waals surface area contributed by atoms with Crippen LogP contribution in [-0.4, -0.2) is 9.78 Å². The standard InChI is InChI=1S/C9H8ClN3.ClH/c10-7-1-3-8(4-2-7)13-6-5-9(11)12-13;/h1-6H,(H2,11,12);1H. The monoisotopic (exact) mass is 229 g/mol. The average Bonchev–Trinajstić information content (AvgIpc) is 2.53. The van der Waals surface area contributed by atoms with Gasteiger partial charge in [-0.1, -0.05) is 11.6 Å². The van der Waals surface area contributed by atoms with Crippen molar-refractivity contribution in [2.24, 2.45) is 0 Å². The normalized spacial score (nSPS) is 9.50.